The Bertz CT molecular complexity index is 427. The Morgan fingerprint density at radius 1 is 1.42 bits per heavy atom. The maximum atomic E-state index is 11.8. The molecule has 1 aromatic rings. The van der Waals surface area contributed by atoms with E-state index in [0.29, 0.717) is 6.54 Å². The average Bonchev–Trinajstić information content (AvgIpc) is 2.36. The topological polar surface area (TPSA) is 55.1 Å². The van der Waals surface area contributed by atoms with E-state index in [0.717, 1.165) is 12.8 Å². The van der Waals surface area contributed by atoms with Crippen molar-refractivity contribution in [2.24, 2.45) is 5.73 Å². The van der Waals surface area contributed by atoms with Gasteiger partial charge < -0.3 is 11.1 Å². The molecular weight excluding hydrogens is 236 g/mol. The summed E-state index contributed by atoms with van der Waals surface area (Å²) in [5.41, 5.74) is 8.19. The van der Waals surface area contributed by atoms with Crippen molar-refractivity contribution in [3.05, 3.63) is 35.4 Å². The smallest absolute Gasteiger partial charge is 0.236 e. The van der Waals surface area contributed by atoms with Gasteiger partial charge in [-0.2, -0.15) is 0 Å². The van der Waals surface area contributed by atoms with Crippen molar-refractivity contribution in [3.63, 3.8) is 0 Å². The van der Waals surface area contributed by atoms with Crippen LogP contribution in [0.25, 0.3) is 0 Å². The zero-order valence-electron chi connectivity index (χ0n) is 12.5. The van der Waals surface area contributed by atoms with E-state index >= 15 is 0 Å². The summed E-state index contributed by atoms with van der Waals surface area (Å²) in [4.78, 5) is 11.8. The molecule has 0 bridgehead atoms. The summed E-state index contributed by atoms with van der Waals surface area (Å²) >= 11 is 0. The van der Waals surface area contributed by atoms with Crippen molar-refractivity contribution in [3.8, 4) is 0 Å². The number of rotatable bonds is 6. The second kappa shape index (κ2) is 6.71. The molecule has 19 heavy (non-hydrogen) atoms. The second-order valence-electron chi connectivity index (χ2n) is 5.87. The van der Waals surface area contributed by atoms with Crippen LogP contribution in [-0.4, -0.2) is 18.5 Å². The predicted octanol–water partition coefficient (Wildman–Crippen LogP) is 2.52. The number of benzene rings is 1. The van der Waals surface area contributed by atoms with Gasteiger partial charge in [-0.25, -0.2) is 0 Å². The van der Waals surface area contributed by atoms with Crippen molar-refractivity contribution < 1.29 is 4.79 Å². The van der Waals surface area contributed by atoms with E-state index < -0.39 is 6.04 Å². The third-order valence-electron chi connectivity index (χ3n) is 3.44. The Kier molecular flexibility index (Phi) is 5.55. The van der Waals surface area contributed by atoms with E-state index in [4.69, 9.17) is 5.73 Å². The van der Waals surface area contributed by atoms with E-state index in [-0.39, 0.29) is 11.3 Å². The van der Waals surface area contributed by atoms with Crippen molar-refractivity contribution in [1.29, 1.82) is 0 Å². The molecule has 106 valence electrons. The summed E-state index contributed by atoms with van der Waals surface area (Å²) in [5.74, 6) is -0.0532. The van der Waals surface area contributed by atoms with Crippen LogP contribution in [0.4, 0.5) is 0 Å². The predicted molar refractivity (Wildman–Crippen MR) is 80.1 cm³/mol. The molecule has 0 saturated carbocycles. The number of aryl methyl sites for hydroxylation is 1. The summed E-state index contributed by atoms with van der Waals surface area (Å²) in [7, 11) is 0. The van der Waals surface area contributed by atoms with Crippen molar-refractivity contribution in [1.82, 2.24) is 5.32 Å². The van der Waals surface area contributed by atoms with Crippen LogP contribution in [0.3, 0.4) is 0 Å². The van der Waals surface area contributed by atoms with Gasteiger partial charge in [0.1, 0.15) is 0 Å². The van der Waals surface area contributed by atoms with Crippen molar-refractivity contribution >= 4 is 5.91 Å². The Morgan fingerprint density at radius 3 is 2.68 bits per heavy atom. The highest BCUT2D eigenvalue weighted by atomic mass is 16.2. The highest BCUT2D eigenvalue weighted by Gasteiger charge is 2.22. The lowest BCUT2D eigenvalue weighted by Crippen LogP contribution is -2.45. The van der Waals surface area contributed by atoms with Crippen LogP contribution < -0.4 is 11.1 Å². The minimum Gasteiger partial charge on any atom is -0.354 e. The van der Waals surface area contributed by atoms with Gasteiger partial charge >= 0.3 is 0 Å². The first-order chi connectivity index (χ1) is 8.86. The lowest BCUT2D eigenvalue weighted by Gasteiger charge is -2.26. The van der Waals surface area contributed by atoms with Crippen LogP contribution in [0.1, 0.15) is 44.7 Å². The molecule has 1 aromatic carbocycles. The van der Waals surface area contributed by atoms with Gasteiger partial charge in [0.15, 0.2) is 0 Å². The fourth-order valence-corrected chi connectivity index (χ4v) is 2.05. The highest BCUT2D eigenvalue weighted by Crippen LogP contribution is 2.23. The first-order valence-corrected chi connectivity index (χ1v) is 6.97. The summed E-state index contributed by atoms with van der Waals surface area (Å²) in [6.45, 7) is 8.98. The molecule has 0 aromatic heterocycles. The zero-order valence-corrected chi connectivity index (χ0v) is 12.5. The summed E-state index contributed by atoms with van der Waals surface area (Å²) in [6.07, 6.45) is 1.66. The van der Waals surface area contributed by atoms with Gasteiger partial charge in [0.2, 0.25) is 5.91 Å². The number of nitrogens with one attached hydrogen (secondary N) is 1. The molecule has 1 atom stereocenters. The van der Waals surface area contributed by atoms with E-state index in [1.54, 1.807) is 0 Å². The number of carbonyl (C=O) groups is 1. The molecule has 0 aliphatic carbocycles. The molecule has 3 nitrogen and oxygen atoms in total. The van der Waals surface area contributed by atoms with E-state index in [9.17, 15) is 4.79 Å². The van der Waals surface area contributed by atoms with Crippen molar-refractivity contribution in [2.45, 2.75) is 52.0 Å². The molecular formula is C16H26N2O. The average molecular weight is 262 g/mol. The molecule has 1 unspecified atom stereocenters. The molecule has 1 rings (SSSR count). The Morgan fingerprint density at radius 2 is 2.11 bits per heavy atom. The summed E-state index contributed by atoms with van der Waals surface area (Å²) in [5, 5.41) is 2.96. The molecule has 0 fully saturated rings. The maximum Gasteiger partial charge on any atom is 0.236 e. The van der Waals surface area contributed by atoms with Crippen LogP contribution in [0.15, 0.2) is 24.3 Å². The van der Waals surface area contributed by atoms with Gasteiger partial charge in [0.05, 0.1) is 6.04 Å². The minimum atomic E-state index is -0.390. The highest BCUT2D eigenvalue weighted by molar-refractivity contribution is 5.81. The Labute approximate surface area is 116 Å². The molecule has 0 aliphatic rings. The van der Waals surface area contributed by atoms with Gasteiger partial charge in [-0.05, 0) is 18.9 Å². The van der Waals surface area contributed by atoms with E-state index in [1.165, 1.54) is 11.1 Å². The van der Waals surface area contributed by atoms with E-state index in [2.05, 4.69) is 50.4 Å². The molecule has 1 amide bonds. The van der Waals surface area contributed by atoms with Gasteiger partial charge in [-0.15, -0.1) is 0 Å². The van der Waals surface area contributed by atoms with Crippen LogP contribution in [0.5, 0.6) is 0 Å². The molecule has 0 radical (unpaired) electrons. The number of nitrogens with two attached hydrogens (primary N) is 1. The first-order valence-electron chi connectivity index (χ1n) is 6.97. The Balaban J connectivity index is 2.63. The summed E-state index contributed by atoms with van der Waals surface area (Å²) < 4.78 is 0. The lowest BCUT2D eigenvalue weighted by molar-refractivity contribution is -0.122. The number of hydrogen-bond acceptors (Lipinski definition) is 2. The van der Waals surface area contributed by atoms with Crippen LogP contribution in [0.2, 0.25) is 0 Å². The summed E-state index contributed by atoms with van der Waals surface area (Å²) in [6, 6.07) is 8.01. The quantitative estimate of drug-likeness (QED) is 0.827. The van der Waals surface area contributed by atoms with Crippen LogP contribution in [0, 0.1) is 6.92 Å². The Hall–Kier alpha value is -1.35. The maximum absolute atomic E-state index is 11.8. The van der Waals surface area contributed by atoms with Gasteiger partial charge in [-0.1, -0.05) is 57.0 Å². The monoisotopic (exact) mass is 262 g/mol. The molecule has 3 N–H and O–H groups in total. The van der Waals surface area contributed by atoms with E-state index in [1.807, 2.05) is 6.92 Å². The normalized spacial score (nSPS) is 13.1. The largest absolute Gasteiger partial charge is 0.354 e. The van der Waals surface area contributed by atoms with Gasteiger partial charge in [0, 0.05) is 12.0 Å². The standard InChI is InChI=1S/C16H26N2O/c1-5-7-14(17)15(19)18-11-16(3,4)13-9-6-8-12(2)10-13/h6,8-10,14H,5,7,11,17H2,1-4H3,(H,18,19). The molecule has 0 saturated heterocycles. The van der Waals surface area contributed by atoms with Crippen LogP contribution >= 0.6 is 0 Å². The minimum absolute atomic E-state index is 0.0532. The third kappa shape index (κ3) is 4.67. The fourth-order valence-electron chi connectivity index (χ4n) is 2.05. The molecule has 3 heteroatoms. The van der Waals surface area contributed by atoms with Crippen LogP contribution in [-0.2, 0) is 10.2 Å². The molecule has 0 heterocycles. The number of carbonyl (C=O) groups excluding carboxylic acids is 1. The van der Waals surface area contributed by atoms with Crippen molar-refractivity contribution in [2.75, 3.05) is 6.54 Å². The zero-order chi connectivity index (χ0) is 14.5. The third-order valence-corrected chi connectivity index (χ3v) is 3.44. The first kappa shape index (κ1) is 15.7. The second-order valence-corrected chi connectivity index (χ2v) is 5.87. The molecule has 0 spiro atoms. The fraction of sp³-hybridized carbons (Fsp3) is 0.562. The lowest BCUT2D eigenvalue weighted by atomic mass is 9.84. The van der Waals surface area contributed by atoms with Gasteiger partial charge in [-0.3, -0.25) is 4.79 Å². The SMILES string of the molecule is CCCC(N)C(=O)NCC(C)(C)c1cccc(C)c1. The number of hydrogen-bond donors (Lipinski definition) is 2. The molecule has 0 aliphatic heterocycles. The van der Waals surface area contributed by atoms with Gasteiger partial charge in [0.25, 0.3) is 0 Å². The number of amides is 1.